The Morgan fingerprint density at radius 3 is 2.60 bits per heavy atom. The second-order valence-electron chi connectivity index (χ2n) is 10.2. The molecule has 0 saturated carbocycles. The zero-order valence-electron chi connectivity index (χ0n) is 23.4. The molecule has 212 valence electrons. The van der Waals surface area contributed by atoms with Gasteiger partial charge in [0.2, 0.25) is 5.91 Å². The van der Waals surface area contributed by atoms with Crippen LogP contribution in [0.1, 0.15) is 59.8 Å². The quantitative estimate of drug-likeness (QED) is 0.285. The van der Waals surface area contributed by atoms with Crippen LogP contribution in [0.2, 0.25) is 0 Å². The number of carbonyl (C=O) groups is 3. The molecule has 10 heteroatoms. The number of carbonyl (C=O) groups excluding carboxylic acids is 3. The molecule has 1 saturated heterocycles. The Morgan fingerprint density at radius 2 is 1.90 bits per heavy atom. The van der Waals surface area contributed by atoms with E-state index in [9.17, 15) is 14.4 Å². The number of imide groups is 1. The third kappa shape index (κ3) is 5.16. The number of hydroxylamine groups is 1. The molecule has 2 atom stereocenters. The number of benzene rings is 2. The van der Waals surface area contributed by atoms with E-state index in [0.29, 0.717) is 44.6 Å². The lowest BCUT2D eigenvalue weighted by Gasteiger charge is -2.41. The summed E-state index contributed by atoms with van der Waals surface area (Å²) in [4.78, 5) is 46.8. The third-order valence-corrected chi connectivity index (χ3v) is 7.66. The van der Waals surface area contributed by atoms with E-state index in [1.165, 1.54) is 4.90 Å². The van der Waals surface area contributed by atoms with Crippen LogP contribution in [0.15, 0.2) is 42.5 Å². The van der Waals surface area contributed by atoms with Gasteiger partial charge in [0, 0.05) is 48.9 Å². The number of fused-ring (bicyclic) bond motifs is 6. The van der Waals surface area contributed by atoms with Gasteiger partial charge < -0.3 is 18.9 Å². The topological polar surface area (TPSA) is 102 Å². The van der Waals surface area contributed by atoms with E-state index in [1.54, 1.807) is 31.2 Å². The Balaban J connectivity index is 1.35. The first-order valence-electron chi connectivity index (χ1n) is 13.8. The van der Waals surface area contributed by atoms with Crippen molar-refractivity contribution in [2.24, 2.45) is 0 Å². The van der Waals surface area contributed by atoms with Gasteiger partial charge in [-0.25, -0.2) is 15.1 Å². The largest absolute Gasteiger partial charge is 0.497 e. The van der Waals surface area contributed by atoms with Crippen molar-refractivity contribution in [3.05, 3.63) is 64.8 Å². The minimum Gasteiger partial charge on any atom is -0.497 e. The normalized spacial score (nSPS) is 17.2. The molecule has 3 heterocycles. The second-order valence-corrected chi connectivity index (χ2v) is 10.2. The third-order valence-electron chi connectivity index (χ3n) is 7.66. The van der Waals surface area contributed by atoms with Crippen molar-refractivity contribution in [1.82, 2.24) is 19.8 Å². The number of ether oxygens (including phenoxy) is 2. The minimum absolute atomic E-state index is 0.177. The summed E-state index contributed by atoms with van der Waals surface area (Å²) in [7, 11) is 3.18. The van der Waals surface area contributed by atoms with Crippen molar-refractivity contribution in [3.8, 4) is 5.75 Å². The molecule has 2 bridgehead atoms. The van der Waals surface area contributed by atoms with Crippen LogP contribution in [0.5, 0.6) is 5.75 Å². The molecule has 2 aliphatic rings. The molecular weight excluding hydrogens is 512 g/mol. The van der Waals surface area contributed by atoms with Crippen molar-refractivity contribution < 1.29 is 28.7 Å². The number of urea groups is 1. The number of hydrogen-bond donors (Lipinski definition) is 1. The Hall–Kier alpha value is -3.89. The van der Waals surface area contributed by atoms with E-state index in [4.69, 9.17) is 14.3 Å². The maximum Gasteiger partial charge on any atom is 0.326 e. The summed E-state index contributed by atoms with van der Waals surface area (Å²) in [5, 5.41) is 0.982. The first kappa shape index (κ1) is 27.7. The molecular formula is C30H36N4O6. The van der Waals surface area contributed by atoms with Gasteiger partial charge in [-0.1, -0.05) is 26.0 Å². The molecule has 1 aromatic heterocycles. The van der Waals surface area contributed by atoms with Crippen LogP contribution in [0, 0.1) is 0 Å². The standard InChI is InChI=1S/C30H36N4O6/c1-5-15-39-26(6-2)40-31-28(35)20-9-7-19(8-10-20)13-14-34-24-12-11-21(38-4)16-22(24)27-23-17-33(18-25(27)34)30(37)32(3)29(23)36/h7-12,16,23,26H,5-6,13-15,17-18H2,1-4H3,(H,31,35). The summed E-state index contributed by atoms with van der Waals surface area (Å²) in [5.74, 6) is -0.182. The lowest BCUT2D eigenvalue weighted by Crippen LogP contribution is -2.56. The number of aromatic nitrogens is 1. The average molecular weight is 549 g/mol. The Labute approximate surface area is 233 Å². The van der Waals surface area contributed by atoms with Gasteiger partial charge in [0.1, 0.15) is 5.75 Å². The fraction of sp³-hybridized carbons (Fsp3) is 0.433. The summed E-state index contributed by atoms with van der Waals surface area (Å²) in [6.45, 7) is 6.00. The number of nitrogens with zero attached hydrogens (tertiary/aromatic N) is 3. The molecule has 0 radical (unpaired) electrons. The van der Waals surface area contributed by atoms with Crippen LogP contribution in [0.4, 0.5) is 4.79 Å². The van der Waals surface area contributed by atoms with Crippen molar-refractivity contribution in [2.75, 3.05) is 27.3 Å². The van der Waals surface area contributed by atoms with Crippen molar-refractivity contribution >= 4 is 28.7 Å². The number of likely N-dealkylation sites (N-methyl/N-ethyl adjacent to an activating group) is 1. The zero-order chi connectivity index (χ0) is 28.4. The number of hydrogen-bond acceptors (Lipinski definition) is 6. The molecule has 2 aromatic carbocycles. The summed E-state index contributed by atoms with van der Waals surface area (Å²) in [6.07, 6.45) is 1.72. The second kappa shape index (κ2) is 11.7. The highest BCUT2D eigenvalue weighted by Crippen LogP contribution is 2.41. The summed E-state index contributed by atoms with van der Waals surface area (Å²) in [6, 6.07) is 13.1. The number of nitrogens with one attached hydrogen (secondary N) is 1. The first-order chi connectivity index (χ1) is 19.4. The number of methoxy groups -OCH3 is 1. The fourth-order valence-electron chi connectivity index (χ4n) is 5.53. The molecule has 40 heavy (non-hydrogen) atoms. The highest BCUT2D eigenvalue weighted by atomic mass is 16.8. The lowest BCUT2D eigenvalue weighted by atomic mass is 9.89. The molecule has 2 aliphatic heterocycles. The van der Waals surface area contributed by atoms with Crippen LogP contribution in [-0.4, -0.2) is 65.8 Å². The summed E-state index contributed by atoms with van der Waals surface area (Å²) >= 11 is 0. The maximum absolute atomic E-state index is 13.1. The Bertz CT molecular complexity index is 1420. The predicted octanol–water partition coefficient (Wildman–Crippen LogP) is 4.21. The minimum atomic E-state index is -0.479. The van der Waals surface area contributed by atoms with Gasteiger partial charge in [-0.15, -0.1) is 0 Å². The van der Waals surface area contributed by atoms with Gasteiger partial charge >= 0.3 is 6.03 Å². The maximum atomic E-state index is 13.1. The molecule has 1 N–H and O–H groups in total. The van der Waals surface area contributed by atoms with Gasteiger partial charge in [0.05, 0.1) is 19.6 Å². The van der Waals surface area contributed by atoms with Crippen LogP contribution in [0.25, 0.3) is 10.9 Å². The monoisotopic (exact) mass is 548 g/mol. The summed E-state index contributed by atoms with van der Waals surface area (Å²) in [5.41, 5.74) is 7.01. The van der Waals surface area contributed by atoms with Crippen LogP contribution >= 0.6 is 0 Å². The highest BCUT2D eigenvalue weighted by Gasteiger charge is 2.44. The SMILES string of the molecule is CCCOC(CC)ONC(=O)c1ccc(CCn2c3c(c4cc(OC)ccc42)C2CN(C3)C(=O)N(C)C2=O)cc1. The van der Waals surface area contributed by atoms with E-state index in [2.05, 4.69) is 10.0 Å². The molecule has 0 spiro atoms. The van der Waals surface area contributed by atoms with Crippen LogP contribution in [-0.2, 0) is 33.9 Å². The highest BCUT2D eigenvalue weighted by molar-refractivity contribution is 6.04. The van der Waals surface area contributed by atoms with E-state index in [-0.39, 0.29) is 17.8 Å². The molecule has 1 fully saturated rings. The van der Waals surface area contributed by atoms with E-state index in [1.807, 2.05) is 44.2 Å². The molecule has 0 aliphatic carbocycles. The van der Waals surface area contributed by atoms with Crippen molar-refractivity contribution in [2.45, 2.75) is 58.4 Å². The molecule has 2 unspecified atom stereocenters. The summed E-state index contributed by atoms with van der Waals surface area (Å²) < 4.78 is 13.2. The van der Waals surface area contributed by atoms with Crippen molar-refractivity contribution in [1.29, 1.82) is 0 Å². The lowest BCUT2D eigenvalue weighted by molar-refractivity contribution is -0.170. The van der Waals surface area contributed by atoms with Crippen molar-refractivity contribution in [3.63, 3.8) is 0 Å². The zero-order valence-corrected chi connectivity index (χ0v) is 23.4. The Morgan fingerprint density at radius 1 is 1.12 bits per heavy atom. The average Bonchev–Trinajstić information content (AvgIpc) is 3.30. The van der Waals surface area contributed by atoms with Gasteiger partial charge in [-0.05, 0) is 60.7 Å². The first-order valence-corrected chi connectivity index (χ1v) is 13.8. The van der Waals surface area contributed by atoms with Gasteiger partial charge in [0.15, 0.2) is 6.29 Å². The van der Waals surface area contributed by atoms with Gasteiger partial charge in [-0.2, -0.15) is 0 Å². The van der Waals surface area contributed by atoms with E-state index >= 15 is 0 Å². The molecule has 5 rings (SSSR count). The van der Waals surface area contributed by atoms with Crippen LogP contribution < -0.4 is 10.2 Å². The van der Waals surface area contributed by atoms with E-state index < -0.39 is 12.2 Å². The number of aryl methyl sites for hydroxylation is 2. The van der Waals surface area contributed by atoms with E-state index in [0.717, 1.165) is 39.9 Å². The number of amides is 4. The molecule has 10 nitrogen and oxygen atoms in total. The Kier molecular flexibility index (Phi) is 8.09. The molecule has 3 aromatic rings. The molecule has 4 amide bonds. The smallest absolute Gasteiger partial charge is 0.326 e. The fourth-order valence-corrected chi connectivity index (χ4v) is 5.53. The van der Waals surface area contributed by atoms with Gasteiger partial charge in [0.25, 0.3) is 5.91 Å². The predicted molar refractivity (Wildman–Crippen MR) is 149 cm³/mol. The van der Waals surface area contributed by atoms with Gasteiger partial charge in [-0.3, -0.25) is 14.5 Å². The number of rotatable bonds is 11. The van der Waals surface area contributed by atoms with Crippen LogP contribution in [0.3, 0.4) is 0 Å².